The summed E-state index contributed by atoms with van der Waals surface area (Å²) in [5.74, 6) is -6.62. The van der Waals surface area contributed by atoms with Crippen LogP contribution in [0.5, 0.6) is 0 Å². The first kappa shape index (κ1) is 31.9. The first-order valence-corrected chi connectivity index (χ1v) is 9.37. The van der Waals surface area contributed by atoms with Crippen molar-refractivity contribution in [2.45, 2.75) is 29.5 Å². The molecule has 34 heavy (non-hydrogen) atoms. The van der Waals surface area contributed by atoms with Gasteiger partial charge in [-0.25, -0.2) is 16.8 Å². The Bertz CT molecular complexity index is 1060. The van der Waals surface area contributed by atoms with Gasteiger partial charge in [-0.2, -0.15) is 57.1 Å². The number of alkyl halides is 14. The molecule has 1 heterocycles. The fraction of sp³-hybridized carbons (Fsp3) is 0.625. The third-order valence-electron chi connectivity index (χ3n) is 2.59. The van der Waals surface area contributed by atoms with Gasteiger partial charge in [0.05, 0.1) is 0 Å². The average molecular weight is 589 g/mol. The molecule has 0 unspecified atom stereocenters. The normalized spacial score (nSPS) is 14.6. The zero-order valence-corrected chi connectivity index (χ0v) is 15.8. The summed E-state index contributed by atoms with van der Waals surface area (Å²) in [6.07, 6.45) is -16.2. The summed E-state index contributed by atoms with van der Waals surface area (Å²) in [6, 6.07) is -6.40. The summed E-state index contributed by atoms with van der Waals surface area (Å²) in [4.78, 5) is 0. The second-order valence-corrected chi connectivity index (χ2v) is 8.37. The van der Waals surface area contributed by atoms with Gasteiger partial charge in [0.2, 0.25) is 0 Å². The fourth-order valence-corrected chi connectivity index (χ4v) is 2.95. The summed E-state index contributed by atoms with van der Waals surface area (Å²) in [7, 11) is -13.4. The second kappa shape index (κ2) is 8.83. The number of imidazole rings is 1. The SMILES string of the molecule is Fc1c(F)[n+](C(F)(F)F)c(F)n1C(F)(F)C(F)(F)F.O=S(=O)([N-]S(=O)(=O)C(F)(F)F)C(F)(F)F. The first-order valence-electron chi connectivity index (χ1n) is 6.49. The van der Waals surface area contributed by atoms with Crippen molar-refractivity contribution in [2.24, 2.45) is 0 Å². The summed E-state index contributed by atoms with van der Waals surface area (Å²) in [5, 5.41) is 0. The second-order valence-electron chi connectivity index (χ2n) is 4.94. The van der Waals surface area contributed by atoms with Crippen LogP contribution < -0.4 is 4.57 Å². The standard InChI is InChI=1S/C6F11N2.C2F6NO4S2/c7-1-2(8)19(6(15,16)17)3(9)18(1)5(13,14)4(10,11)12;3-1(4,5)14(10,11)9-15(12,13)2(6,7)8/q+1;-1. The third-order valence-corrected chi connectivity index (χ3v) is 5.33. The number of rotatable bonds is 3. The molecule has 0 saturated carbocycles. The van der Waals surface area contributed by atoms with E-state index in [4.69, 9.17) is 0 Å². The molecule has 0 aliphatic heterocycles. The van der Waals surface area contributed by atoms with Crippen LogP contribution >= 0.6 is 0 Å². The zero-order valence-electron chi connectivity index (χ0n) is 14.2. The minimum atomic E-state index is -6.72. The smallest absolute Gasteiger partial charge is 0.421 e. The molecule has 0 spiro atoms. The molecule has 26 heteroatoms. The van der Waals surface area contributed by atoms with E-state index in [2.05, 4.69) is 0 Å². The van der Waals surface area contributed by atoms with Crippen LogP contribution in [0.4, 0.5) is 74.6 Å². The van der Waals surface area contributed by atoms with E-state index in [9.17, 15) is 91.5 Å². The Morgan fingerprint density at radius 2 is 0.971 bits per heavy atom. The average Bonchev–Trinajstić information content (AvgIpc) is 2.72. The molecule has 0 aromatic carbocycles. The number of nitrogens with zero attached hydrogens (tertiary/aromatic N) is 3. The van der Waals surface area contributed by atoms with Crippen molar-refractivity contribution in [3.63, 3.8) is 0 Å². The van der Waals surface area contributed by atoms with Crippen molar-refractivity contribution in [1.29, 1.82) is 0 Å². The minimum absolute atomic E-state index is 0.778. The Morgan fingerprint density at radius 3 is 1.18 bits per heavy atom. The van der Waals surface area contributed by atoms with E-state index in [0.717, 1.165) is 4.13 Å². The summed E-state index contributed by atoms with van der Waals surface area (Å²) in [5.41, 5.74) is -12.4. The maximum Gasteiger partial charge on any atom is 0.572 e. The maximum atomic E-state index is 12.8. The van der Waals surface area contributed by atoms with E-state index in [1.165, 1.54) is 0 Å². The van der Waals surface area contributed by atoms with Crippen molar-refractivity contribution >= 4 is 20.0 Å². The molecule has 0 N–H and O–H groups in total. The van der Waals surface area contributed by atoms with Crippen LogP contribution in [0.2, 0.25) is 0 Å². The Hall–Kier alpha value is -2.12. The van der Waals surface area contributed by atoms with Gasteiger partial charge in [-0.3, -0.25) is 0 Å². The number of hydrogen-bond donors (Lipinski definition) is 0. The molecule has 1 aromatic heterocycles. The number of aromatic nitrogens is 2. The van der Waals surface area contributed by atoms with Gasteiger partial charge in [0.1, 0.15) is 0 Å². The minimum Gasteiger partial charge on any atom is -0.421 e. The molecule has 0 saturated heterocycles. The highest BCUT2D eigenvalue weighted by Crippen LogP contribution is 2.41. The van der Waals surface area contributed by atoms with Crippen LogP contribution in [0.3, 0.4) is 0 Å². The predicted octanol–water partition coefficient (Wildman–Crippen LogP) is 3.84. The summed E-state index contributed by atoms with van der Waals surface area (Å²) >= 11 is 0. The highest BCUT2D eigenvalue weighted by Gasteiger charge is 2.69. The molecule has 0 aliphatic rings. The number of sulfonamides is 2. The quantitative estimate of drug-likeness (QED) is 0.396. The van der Waals surface area contributed by atoms with Crippen molar-refractivity contribution in [1.82, 2.24) is 4.57 Å². The van der Waals surface area contributed by atoms with Crippen molar-refractivity contribution < 1.29 is 96.0 Å². The van der Waals surface area contributed by atoms with Crippen LogP contribution in [-0.2, 0) is 32.4 Å². The molecule has 0 bridgehead atoms. The van der Waals surface area contributed by atoms with Gasteiger partial charge in [0.25, 0.3) is 0 Å². The molecule has 0 atom stereocenters. The Kier molecular flexibility index (Phi) is 8.28. The highest BCUT2D eigenvalue weighted by atomic mass is 32.3. The molecule has 1 rings (SSSR count). The summed E-state index contributed by atoms with van der Waals surface area (Å²) < 4.78 is 239. The van der Waals surface area contributed by atoms with E-state index >= 15 is 0 Å². The van der Waals surface area contributed by atoms with Gasteiger partial charge in [-0.1, -0.05) is 9.13 Å². The van der Waals surface area contributed by atoms with Gasteiger partial charge in [0, 0.05) is 0 Å². The van der Waals surface area contributed by atoms with E-state index < -0.39 is 76.7 Å². The van der Waals surface area contributed by atoms with Crippen molar-refractivity contribution in [3.8, 4) is 0 Å². The molecule has 202 valence electrons. The van der Waals surface area contributed by atoms with E-state index in [0.29, 0.717) is 0 Å². The molecule has 0 radical (unpaired) electrons. The Morgan fingerprint density at radius 1 is 0.647 bits per heavy atom. The molecule has 1 aromatic rings. The van der Waals surface area contributed by atoms with E-state index in [1.54, 1.807) is 0 Å². The predicted molar refractivity (Wildman–Crippen MR) is 65.4 cm³/mol. The van der Waals surface area contributed by atoms with Crippen LogP contribution in [0.15, 0.2) is 0 Å². The van der Waals surface area contributed by atoms with Crippen molar-refractivity contribution in [3.05, 3.63) is 22.1 Å². The summed E-state index contributed by atoms with van der Waals surface area (Å²) in [6.45, 7) is 0. The lowest BCUT2D eigenvalue weighted by molar-refractivity contribution is -0.890. The molecular formula is C8F17N3O4S2. The highest BCUT2D eigenvalue weighted by molar-refractivity contribution is 8.13. The topological polar surface area (TPSA) is 91.2 Å². The maximum absolute atomic E-state index is 12.8. The monoisotopic (exact) mass is 589 g/mol. The number of halogens is 17. The van der Waals surface area contributed by atoms with Gasteiger partial charge < -0.3 is 4.13 Å². The zero-order chi connectivity index (χ0) is 28.1. The molecular weight excluding hydrogens is 589 g/mol. The lowest BCUT2D eigenvalue weighted by atomic mass is 10.5. The fourth-order valence-electron chi connectivity index (χ4n) is 1.24. The Labute approximate surface area is 173 Å². The van der Waals surface area contributed by atoms with Crippen LogP contribution in [0.25, 0.3) is 4.13 Å². The Balaban J connectivity index is 0.000000661. The van der Waals surface area contributed by atoms with E-state index in [1.807, 2.05) is 0 Å². The van der Waals surface area contributed by atoms with Crippen LogP contribution in [0, 0.1) is 18.0 Å². The third kappa shape index (κ3) is 6.30. The lowest BCUT2D eigenvalue weighted by Gasteiger charge is -2.22. The van der Waals surface area contributed by atoms with Crippen molar-refractivity contribution in [2.75, 3.05) is 0 Å². The van der Waals surface area contributed by atoms with Crippen LogP contribution in [0.1, 0.15) is 0 Å². The molecule has 0 amide bonds. The molecule has 0 fully saturated rings. The van der Waals surface area contributed by atoms with E-state index in [-0.39, 0.29) is 0 Å². The largest absolute Gasteiger partial charge is 0.572 e. The van der Waals surface area contributed by atoms with Gasteiger partial charge >= 0.3 is 47.5 Å². The van der Waals surface area contributed by atoms with Gasteiger partial charge in [0.15, 0.2) is 20.0 Å². The van der Waals surface area contributed by atoms with Gasteiger partial charge in [-0.15, -0.1) is 17.6 Å². The molecule has 0 aliphatic carbocycles. The first-order chi connectivity index (χ1) is 14.4. The van der Waals surface area contributed by atoms with Crippen LogP contribution in [-0.4, -0.2) is 38.6 Å². The molecule has 7 nitrogen and oxygen atoms in total. The van der Waals surface area contributed by atoms with Gasteiger partial charge in [-0.05, 0) is 0 Å². The lowest BCUT2D eigenvalue weighted by Crippen LogP contribution is -2.53. The number of hydrogen-bond acceptors (Lipinski definition) is 4.